The van der Waals surface area contributed by atoms with Crippen molar-refractivity contribution < 1.29 is 17.4 Å². The molecule has 1 aliphatic carbocycles. The predicted molar refractivity (Wildman–Crippen MR) is 85.0 cm³/mol. The fourth-order valence-electron chi connectivity index (χ4n) is 2.00. The predicted octanol–water partition coefficient (Wildman–Crippen LogP) is 4.92. The number of benzene rings is 1. The van der Waals surface area contributed by atoms with Gasteiger partial charge in [0.1, 0.15) is 0 Å². The van der Waals surface area contributed by atoms with Gasteiger partial charge in [-0.25, -0.2) is 0 Å². The van der Waals surface area contributed by atoms with Crippen molar-refractivity contribution in [3.05, 3.63) is 65.1 Å². The molecule has 1 aromatic carbocycles. The summed E-state index contributed by atoms with van der Waals surface area (Å²) in [5.74, 6) is 0.213. The average Bonchev–Trinajstić information content (AvgIpc) is 2.45. The second-order valence-corrected chi connectivity index (χ2v) is 7.05. The van der Waals surface area contributed by atoms with Gasteiger partial charge in [-0.2, -0.15) is 13.2 Å². The van der Waals surface area contributed by atoms with E-state index in [9.17, 15) is 17.4 Å². The molecule has 118 valence electrons. The Morgan fingerprint density at radius 1 is 1.32 bits per heavy atom. The lowest BCUT2D eigenvalue weighted by Gasteiger charge is -2.22. The minimum absolute atomic E-state index is 0.213. The molecule has 2 rings (SSSR count). The Kier molecular flexibility index (Phi) is 5.29. The summed E-state index contributed by atoms with van der Waals surface area (Å²) < 4.78 is 49.9. The Balaban J connectivity index is 2.04. The maximum absolute atomic E-state index is 12.6. The number of allylic oxidation sites excluding steroid dienone is 4. The van der Waals surface area contributed by atoms with E-state index in [4.69, 9.17) is 11.6 Å². The summed E-state index contributed by atoms with van der Waals surface area (Å²) in [6.07, 6.45) is 4.95. The molecule has 0 amide bonds. The molecule has 0 aromatic heterocycles. The first-order valence-electron chi connectivity index (χ1n) is 6.54. The molecule has 2 atom stereocenters. The molecule has 6 heteroatoms. The highest BCUT2D eigenvalue weighted by Gasteiger charge is 2.30. The lowest BCUT2D eigenvalue weighted by molar-refractivity contribution is -0.137. The van der Waals surface area contributed by atoms with Crippen LogP contribution < -0.4 is 0 Å². The van der Waals surface area contributed by atoms with Gasteiger partial charge in [-0.05, 0) is 30.2 Å². The van der Waals surface area contributed by atoms with Gasteiger partial charge in [-0.15, -0.1) is 11.6 Å². The summed E-state index contributed by atoms with van der Waals surface area (Å²) in [5, 5.41) is 1.38. The lowest BCUT2D eigenvalue weighted by atomic mass is 10.0. The molecular formula is C16H14ClF3OS. The molecule has 0 saturated heterocycles. The molecular weight excluding hydrogens is 333 g/mol. The molecule has 0 spiro atoms. The van der Waals surface area contributed by atoms with Crippen LogP contribution in [0.1, 0.15) is 17.5 Å². The molecule has 0 saturated carbocycles. The molecule has 0 bridgehead atoms. The maximum Gasteiger partial charge on any atom is 0.416 e. The highest BCUT2D eigenvalue weighted by molar-refractivity contribution is 7.88. The van der Waals surface area contributed by atoms with Crippen LogP contribution in [0.25, 0.3) is 6.08 Å². The maximum atomic E-state index is 12.6. The van der Waals surface area contributed by atoms with Crippen LogP contribution in [0.15, 0.2) is 54.0 Å². The molecule has 0 heterocycles. The Hall–Kier alpha value is -1.33. The summed E-state index contributed by atoms with van der Waals surface area (Å²) in [7, 11) is -1.36. The summed E-state index contributed by atoms with van der Waals surface area (Å²) in [6, 6.07) is 4.88. The third kappa shape index (κ3) is 4.85. The van der Waals surface area contributed by atoms with Gasteiger partial charge in [0.15, 0.2) is 0 Å². The first-order valence-corrected chi connectivity index (χ1v) is 8.30. The van der Waals surface area contributed by atoms with Crippen LogP contribution in [0.3, 0.4) is 0 Å². The highest BCUT2D eigenvalue weighted by Crippen LogP contribution is 2.30. The SMILES string of the molecule is O=S(/C=C/c1cccc(C(F)(F)F)c1)CC1(Cl)C=CC=CC1. The highest BCUT2D eigenvalue weighted by atomic mass is 35.5. The lowest BCUT2D eigenvalue weighted by Crippen LogP contribution is -2.26. The third-order valence-corrected chi connectivity index (χ3v) is 4.92. The molecule has 1 nitrogen and oxygen atoms in total. The van der Waals surface area contributed by atoms with Gasteiger partial charge in [-0.1, -0.05) is 36.4 Å². The van der Waals surface area contributed by atoms with E-state index in [1.807, 2.05) is 12.2 Å². The molecule has 0 radical (unpaired) electrons. The van der Waals surface area contributed by atoms with Crippen molar-refractivity contribution in [3.63, 3.8) is 0 Å². The van der Waals surface area contributed by atoms with Crippen molar-refractivity contribution in [2.75, 3.05) is 5.75 Å². The van der Waals surface area contributed by atoms with Gasteiger partial charge < -0.3 is 0 Å². The standard InChI is InChI=1S/C16H14ClF3OS/c17-15(8-2-1-3-9-15)12-22(21)10-7-13-5-4-6-14(11-13)16(18,19)20/h1-8,10-11H,9,12H2/b10-7+. The minimum atomic E-state index is -4.39. The summed E-state index contributed by atoms with van der Waals surface area (Å²) in [4.78, 5) is -0.697. The van der Waals surface area contributed by atoms with Gasteiger partial charge in [0.05, 0.1) is 16.2 Å². The number of halogens is 4. The first kappa shape index (κ1) is 17.0. The second-order valence-electron chi connectivity index (χ2n) is 4.98. The van der Waals surface area contributed by atoms with Crippen LogP contribution in [-0.4, -0.2) is 14.8 Å². The van der Waals surface area contributed by atoms with Crippen molar-refractivity contribution >= 4 is 28.5 Å². The van der Waals surface area contributed by atoms with Crippen LogP contribution >= 0.6 is 11.6 Å². The smallest absolute Gasteiger partial charge is 0.255 e. The molecule has 0 fully saturated rings. The number of alkyl halides is 4. The van der Waals surface area contributed by atoms with E-state index in [0.29, 0.717) is 12.0 Å². The van der Waals surface area contributed by atoms with Gasteiger partial charge in [0, 0.05) is 16.2 Å². The zero-order chi connectivity index (χ0) is 16.2. The first-order chi connectivity index (χ1) is 10.3. The van der Waals surface area contributed by atoms with Crippen molar-refractivity contribution in [2.45, 2.75) is 17.5 Å². The van der Waals surface area contributed by atoms with Crippen LogP contribution in [-0.2, 0) is 17.0 Å². The monoisotopic (exact) mass is 346 g/mol. The van der Waals surface area contributed by atoms with E-state index in [1.54, 1.807) is 12.2 Å². The van der Waals surface area contributed by atoms with Crippen molar-refractivity contribution in [2.24, 2.45) is 0 Å². The third-order valence-electron chi connectivity index (χ3n) is 3.11. The van der Waals surface area contributed by atoms with E-state index in [-0.39, 0.29) is 5.75 Å². The van der Waals surface area contributed by atoms with Crippen molar-refractivity contribution in [3.8, 4) is 0 Å². The molecule has 2 unspecified atom stereocenters. The number of hydrogen-bond donors (Lipinski definition) is 0. The Morgan fingerprint density at radius 2 is 2.09 bits per heavy atom. The fraction of sp³-hybridized carbons (Fsp3) is 0.250. The van der Waals surface area contributed by atoms with Crippen LogP contribution in [0.4, 0.5) is 13.2 Å². The van der Waals surface area contributed by atoms with Gasteiger partial charge in [-0.3, -0.25) is 4.21 Å². The summed E-state index contributed by atoms with van der Waals surface area (Å²) in [5.41, 5.74) is -0.375. The second kappa shape index (κ2) is 6.84. The Morgan fingerprint density at radius 3 is 2.73 bits per heavy atom. The van der Waals surface area contributed by atoms with E-state index in [1.165, 1.54) is 23.6 Å². The quantitative estimate of drug-likeness (QED) is 0.707. The molecule has 0 aliphatic heterocycles. The fourth-order valence-corrected chi connectivity index (χ4v) is 3.58. The van der Waals surface area contributed by atoms with E-state index < -0.39 is 27.4 Å². The Labute approximate surface area is 134 Å². The molecule has 22 heavy (non-hydrogen) atoms. The number of hydrogen-bond acceptors (Lipinski definition) is 1. The average molecular weight is 347 g/mol. The van der Waals surface area contributed by atoms with E-state index in [0.717, 1.165) is 12.1 Å². The van der Waals surface area contributed by atoms with E-state index in [2.05, 4.69) is 0 Å². The molecule has 1 aliphatic rings. The summed E-state index contributed by atoms with van der Waals surface area (Å²) >= 11 is 6.32. The van der Waals surface area contributed by atoms with Crippen LogP contribution in [0.2, 0.25) is 0 Å². The van der Waals surface area contributed by atoms with Gasteiger partial charge in [0.2, 0.25) is 0 Å². The molecule has 1 aromatic rings. The Bertz CT molecular complexity index is 649. The van der Waals surface area contributed by atoms with Gasteiger partial charge in [0.25, 0.3) is 0 Å². The van der Waals surface area contributed by atoms with Crippen LogP contribution in [0, 0.1) is 0 Å². The zero-order valence-electron chi connectivity index (χ0n) is 11.5. The number of rotatable bonds is 4. The minimum Gasteiger partial charge on any atom is -0.255 e. The topological polar surface area (TPSA) is 17.1 Å². The van der Waals surface area contributed by atoms with Crippen LogP contribution in [0.5, 0.6) is 0 Å². The largest absolute Gasteiger partial charge is 0.416 e. The molecule has 0 N–H and O–H groups in total. The van der Waals surface area contributed by atoms with Gasteiger partial charge >= 0.3 is 6.18 Å². The summed E-state index contributed by atoms with van der Waals surface area (Å²) in [6.45, 7) is 0. The normalized spacial score (nSPS) is 23.1. The zero-order valence-corrected chi connectivity index (χ0v) is 13.1. The van der Waals surface area contributed by atoms with Crippen molar-refractivity contribution in [1.82, 2.24) is 0 Å². The van der Waals surface area contributed by atoms with Crippen molar-refractivity contribution in [1.29, 1.82) is 0 Å². The van der Waals surface area contributed by atoms with E-state index >= 15 is 0 Å².